The first-order valence-corrected chi connectivity index (χ1v) is 8.10. The quantitative estimate of drug-likeness (QED) is 0.911. The van der Waals surface area contributed by atoms with Crippen molar-refractivity contribution in [1.82, 2.24) is 0 Å². The number of hydrogen-bond acceptors (Lipinski definition) is 2. The molecule has 2 unspecified atom stereocenters. The van der Waals surface area contributed by atoms with Crippen molar-refractivity contribution in [1.29, 1.82) is 0 Å². The maximum Gasteiger partial charge on any atom is 0.310 e. The molecule has 2 atom stereocenters. The first kappa shape index (κ1) is 14.6. The topological polar surface area (TPSA) is 46.5 Å². The van der Waals surface area contributed by atoms with E-state index in [1.54, 1.807) is 0 Å². The van der Waals surface area contributed by atoms with Gasteiger partial charge < -0.3 is 9.84 Å². The molecule has 1 aromatic rings. The highest BCUT2D eigenvalue weighted by molar-refractivity contribution is 5.76. The molecule has 1 aliphatic heterocycles. The largest absolute Gasteiger partial charge is 0.481 e. The van der Waals surface area contributed by atoms with Gasteiger partial charge in [0.05, 0.1) is 11.5 Å². The minimum Gasteiger partial charge on any atom is -0.481 e. The minimum absolute atomic E-state index is 0.0721. The predicted octanol–water partition coefficient (Wildman–Crippen LogP) is 3.98. The summed E-state index contributed by atoms with van der Waals surface area (Å²) in [4.78, 5) is 11.7. The van der Waals surface area contributed by atoms with Crippen LogP contribution in [-0.2, 0) is 9.53 Å². The van der Waals surface area contributed by atoms with Crippen molar-refractivity contribution < 1.29 is 14.6 Å². The van der Waals surface area contributed by atoms with Gasteiger partial charge in [0.2, 0.25) is 0 Å². The maximum atomic E-state index is 11.7. The molecule has 0 amide bonds. The molecule has 21 heavy (non-hydrogen) atoms. The van der Waals surface area contributed by atoms with E-state index in [0.29, 0.717) is 5.92 Å². The molecule has 1 N–H and O–H groups in total. The third kappa shape index (κ3) is 3.29. The molecule has 3 heteroatoms. The predicted molar refractivity (Wildman–Crippen MR) is 81.3 cm³/mol. The molecule has 1 aromatic carbocycles. The number of aliphatic carboxylic acids is 1. The van der Waals surface area contributed by atoms with Crippen LogP contribution in [0.25, 0.3) is 0 Å². The zero-order valence-electron chi connectivity index (χ0n) is 12.5. The summed E-state index contributed by atoms with van der Waals surface area (Å²) in [5.41, 5.74) is 1.000. The lowest BCUT2D eigenvalue weighted by Gasteiger charge is -2.39. The molecule has 3 rings (SSSR count). The van der Waals surface area contributed by atoms with E-state index in [0.717, 1.165) is 44.3 Å². The summed E-state index contributed by atoms with van der Waals surface area (Å²) < 4.78 is 6.06. The van der Waals surface area contributed by atoms with E-state index in [1.165, 1.54) is 12.8 Å². The molecule has 114 valence electrons. The number of benzene rings is 1. The highest BCUT2D eigenvalue weighted by Gasteiger charge is 2.40. The SMILES string of the molecule is O=C(O)C(CC1CCOC2(CCCC2)C1)c1ccccc1. The van der Waals surface area contributed by atoms with Crippen molar-refractivity contribution in [2.75, 3.05) is 6.61 Å². The van der Waals surface area contributed by atoms with Crippen LogP contribution >= 0.6 is 0 Å². The third-order valence-electron chi connectivity index (χ3n) is 5.18. The van der Waals surface area contributed by atoms with Gasteiger partial charge in [-0.1, -0.05) is 43.2 Å². The van der Waals surface area contributed by atoms with Crippen molar-refractivity contribution in [3.05, 3.63) is 35.9 Å². The van der Waals surface area contributed by atoms with Gasteiger partial charge in [-0.3, -0.25) is 4.79 Å². The van der Waals surface area contributed by atoms with E-state index in [9.17, 15) is 9.90 Å². The smallest absolute Gasteiger partial charge is 0.310 e. The summed E-state index contributed by atoms with van der Waals surface area (Å²) in [5, 5.41) is 9.58. The summed E-state index contributed by atoms with van der Waals surface area (Å²) in [6.45, 7) is 0.797. The van der Waals surface area contributed by atoms with E-state index in [-0.39, 0.29) is 11.5 Å². The van der Waals surface area contributed by atoms with Gasteiger partial charge in [-0.05, 0) is 43.6 Å². The van der Waals surface area contributed by atoms with Gasteiger partial charge in [0, 0.05) is 6.61 Å². The Morgan fingerprint density at radius 1 is 1.29 bits per heavy atom. The van der Waals surface area contributed by atoms with E-state index >= 15 is 0 Å². The number of rotatable bonds is 4. The molecule has 0 bridgehead atoms. The lowest BCUT2D eigenvalue weighted by atomic mass is 9.78. The van der Waals surface area contributed by atoms with Gasteiger partial charge >= 0.3 is 5.97 Å². The fourth-order valence-electron chi connectivity index (χ4n) is 4.10. The van der Waals surface area contributed by atoms with E-state index in [4.69, 9.17) is 4.74 Å². The Bertz CT molecular complexity index is 476. The average molecular weight is 288 g/mol. The Kier molecular flexibility index (Phi) is 4.29. The van der Waals surface area contributed by atoms with Gasteiger partial charge in [0.15, 0.2) is 0 Å². The van der Waals surface area contributed by atoms with Gasteiger partial charge in [-0.15, -0.1) is 0 Å². The van der Waals surface area contributed by atoms with Gasteiger partial charge in [-0.25, -0.2) is 0 Å². The lowest BCUT2D eigenvalue weighted by molar-refractivity contribution is -0.140. The molecule has 3 nitrogen and oxygen atoms in total. The minimum atomic E-state index is -0.701. The summed E-state index contributed by atoms with van der Waals surface area (Å²) in [6.07, 6.45) is 7.62. The number of hydrogen-bond donors (Lipinski definition) is 1. The number of carboxylic acids is 1. The molecule has 1 saturated heterocycles. The Labute approximate surface area is 126 Å². The zero-order chi connectivity index (χ0) is 14.7. The standard InChI is InChI=1S/C18H24O3/c19-17(20)16(15-6-2-1-3-7-15)12-14-8-11-21-18(13-14)9-4-5-10-18/h1-3,6-7,14,16H,4-5,8-13H2,(H,19,20). The first-order chi connectivity index (χ1) is 10.2. The van der Waals surface area contributed by atoms with E-state index in [1.807, 2.05) is 30.3 Å². The van der Waals surface area contributed by atoms with Crippen LogP contribution in [0, 0.1) is 5.92 Å². The molecular weight excluding hydrogens is 264 g/mol. The average Bonchev–Trinajstić information content (AvgIpc) is 2.93. The normalized spacial score (nSPS) is 25.8. The van der Waals surface area contributed by atoms with Crippen LogP contribution in [-0.4, -0.2) is 23.3 Å². The first-order valence-electron chi connectivity index (χ1n) is 8.10. The van der Waals surface area contributed by atoms with Crippen LogP contribution in [0.3, 0.4) is 0 Å². The van der Waals surface area contributed by atoms with Crippen LogP contribution in [0.5, 0.6) is 0 Å². The van der Waals surface area contributed by atoms with Crippen LogP contribution in [0.1, 0.15) is 56.4 Å². The molecule has 1 spiro atoms. The van der Waals surface area contributed by atoms with Crippen molar-refractivity contribution in [3.8, 4) is 0 Å². The molecular formula is C18H24O3. The van der Waals surface area contributed by atoms with Crippen molar-refractivity contribution >= 4 is 5.97 Å². The van der Waals surface area contributed by atoms with Gasteiger partial charge in [-0.2, -0.15) is 0 Å². The number of ether oxygens (including phenoxy) is 1. The fraction of sp³-hybridized carbons (Fsp3) is 0.611. The van der Waals surface area contributed by atoms with Gasteiger partial charge in [0.25, 0.3) is 0 Å². The van der Waals surface area contributed by atoms with Crippen molar-refractivity contribution in [3.63, 3.8) is 0 Å². The summed E-state index contributed by atoms with van der Waals surface area (Å²) >= 11 is 0. The molecule has 1 saturated carbocycles. The zero-order valence-corrected chi connectivity index (χ0v) is 12.5. The van der Waals surface area contributed by atoms with Crippen LogP contribution in [0.2, 0.25) is 0 Å². The molecule has 2 aliphatic rings. The Balaban J connectivity index is 1.70. The Morgan fingerprint density at radius 3 is 2.67 bits per heavy atom. The van der Waals surface area contributed by atoms with Crippen LogP contribution < -0.4 is 0 Å². The Hall–Kier alpha value is -1.35. The summed E-state index contributed by atoms with van der Waals surface area (Å²) in [7, 11) is 0. The molecule has 1 heterocycles. The van der Waals surface area contributed by atoms with Crippen molar-refractivity contribution in [2.24, 2.45) is 5.92 Å². The van der Waals surface area contributed by atoms with Crippen LogP contribution in [0.15, 0.2) is 30.3 Å². The molecule has 1 aliphatic carbocycles. The number of carbonyl (C=O) groups is 1. The Morgan fingerprint density at radius 2 is 2.00 bits per heavy atom. The van der Waals surface area contributed by atoms with E-state index in [2.05, 4.69) is 0 Å². The second-order valence-electron chi connectivity index (χ2n) is 6.63. The maximum absolute atomic E-state index is 11.7. The van der Waals surface area contributed by atoms with Crippen molar-refractivity contribution in [2.45, 2.75) is 56.5 Å². The summed E-state index contributed by atoms with van der Waals surface area (Å²) in [6, 6.07) is 9.65. The monoisotopic (exact) mass is 288 g/mol. The second-order valence-corrected chi connectivity index (χ2v) is 6.63. The highest BCUT2D eigenvalue weighted by atomic mass is 16.5. The molecule has 0 radical (unpaired) electrons. The number of carboxylic acid groups (broad SMARTS) is 1. The second kappa shape index (κ2) is 6.18. The lowest BCUT2D eigenvalue weighted by Crippen LogP contribution is -2.38. The van der Waals surface area contributed by atoms with E-state index < -0.39 is 5.97 Å². The molecule has 0 aromatic heterocycles. The summed E-state index contributed by atoms with van der Waals surface area (Å²) in [5.74, 6) is -0.612. The van der Waals surface area contributed by atoms with Crippen LogP contribution in [0.4, 0.5) is 0 Å². The highest BCUT2D eigenvalue weighted by Crippen LogP contribution is 2.44. The van der Waals surface area contributed by atoms with Gasteiger partial charge in [0.1, 0.15) is 0 Å². The molecule has 2 fully saturated rings. The fourth-order valence-corrected chi connectivity index (χ4v) is 4.10. The third-order valence-corrected chi connectivity index (χ3v) is 5.18.